The number of esters is 1. The third kappa shape index (κ3) is 3.50. The highest BCUT2D eigenvalue weighted by atomic mass is 16.5. The molecule has 1 fully saturated rings. The molecule has 17 heavy (non-hydrogen) atoms. The van der Waals surface area contributed by atoms with Crippen LogP contribution in [-0.2, 0) is 19.1 Å². The van der Waals surface area contributed by atoms with E-state index in [-0.39, 0.29) is 18.9 Å². The van der Waals surface area contributed by atoms with Gasteiger partial charge in [0.1, 0.15) is 0 Å². The molecule has 1 aliphatic rings. The Morgan fingerprint density at radius 2 is 2.29 bits per heavy atom. The molecule has 0 aromatic carbocycles. The lowest BCUT2D eigenvalue weighted by Gasteiger charge is -2.26. The van der Waals surface area contributed by atoms with Gasteiger partial charge in [-0.1, -0.05) is 0 Å². The van der Waals surface area contributed by atoms with Crippen molar-refractivity contribution in [3.63, 3.8) is 0 Å². The van der Waals surface area contributed by atoms with E-state index in [0.29, 0.717) is 6.42 Å². The zero-order valence-corrected chi connectivity index (χ0v) is 9.78. The molecular formula is C10H16N2O5. The Bertz CT molecular complexity index is 340. The van der Waals surface area contributed by atoms with Gasteiger partial charge in [-0.3, -0.25) is 14.9 Å². The topological polar surface area (TPSA) is 105 Å². The average molecular weight is 244 g/mol. The van der Waals surface area contributed by atoms with Gasteiger partial charge in [0.05, 0.1) is 13.2 Å². The first-order chi connectivity index (χ1) is 7.86. The smallest absolute Gasteiger partial charge is 0.338 e. The lowest BCUT2D eigenvalue weighted by Crippen LogP contribution is -2.55. The molecule has 1 heterocycles. The van der Waals surface area contributed by atoms with Crippen LogP contribution in [0.4, 0.5) is 0 Å². The number of rotatable bonds is 4. The number of piperidine rings is 1. The number of aliphatic hydroxyl groups is 1. The van der Waals surface area contributed by atoms with Crippen molar-refractivity contribution in [3.05, 3.63) is 0 Å². The van der Waals surface area contributed by atoms with Crippen LogP contribution in [0.3, 0.4) is 0 Å². The molecule has 7 nitrogen and oxygen atoms in total. The lowest BCUT2D eigenvalue weighted by atomic mass is 10.0. The minimum absolute atomic E-state index is 0.119. The first-order valence-electron chi connectivity index (χ1n) is 5.24. The van der Waals surface area contributed by atoms with E-state index >= 15 is 0 Å². The molecule has 1 saturated heterocycles. The van der Waals surface area contributed by atoms with E-state index in [4.69, 9.17) is 0 Å². The van der Waals surface area contributed by atoms with Gasteiger partial charge >= 0.3 is 5.97 Å². The highest BCUT2D eigenvalue weighted by Gasteiger charge is 2.34. The van der Waals surface area contributed by atoms with Crippen LogP contribution in [0, 0.1) is 0 Å². The number of carbonyl (C=O) groups is 3. The summed E-state index contributed by atoms with van der Waals surface area (Å²) in [6.07, 6.45) is 0.589. The Morgan fingerprint density at radius 3 is 2.82 bits per heavy atom. The van der Waals surface area contributed by atoms with Crippen LogP contribution in [0.5, 0.6) is 0 Å². The second-order valence-electron chi connectivity index (χ2n) is 4.15. The van der Waals surface area contributed by atoms with Crippen LogP contribution >= 0.6 is 0 Å². The van der Waals surface area contributed by atoms with E-state index in [0.717, 1.165) is 0 Å². The maximum Gasteiger partial charge on any atom is 0.338 e. The normalized spacial score (nSPS) is 23.8. The van der Waals surface area contributed by atoms with Crippen molar-refractivity contribution < 1.29 is 24.2 Å². The van der Waals surface area contributed by atoms with Gasteiger partial charge in [-0.2, -0.15) is 0 Å². The van der Waals surface area contributed by atoms with E-state index in [1.165, 1.54) is 14.0 Å². The molecule has 2 amide bonds. The summed E-state index contributed by atoms with van der Waals surface area (Å²) in [7, 11) is 1.17. The molecule has 0 bridgehead atoms. The second-order valence-corrected chi connectivity index (χ2v) is 4.15. The number of nitrogens with one attached hydrogen (secondary N) is 2. The highest BCUT2D eigenvalue weighted by molar-refractivity contribution is 6.00. The second kappa shape index (κ2) is 5.24. The number of methoxy groups -OCH3 is 1. The summed E-state index contributed by atoms with van der Waals surface area (Å²) in [4.78, 5) is 33.4. The van der Waals surface area contributed by atoms with Gasteiger partial charge in [-0.05, 0) is 13.3 Å². The van der Waals surface area contributed by atoms with Gasteiger partial charge in [0, 0.05) is 13.0 Å². The van der Waals surface area contributed by atoms with E-state index in [2.05, 4.69) is 15.4 Å². The molecule has 0 aromatic heterocycles. The van der Waals surface area contributed by atoms with Gasteiger partial charge in [-0.15, -0.1) is 0 Å². The van der Waals surface area contributed by atoms with Crippen LogP contribution in [-0.4, -0.2) is 48.2 Å². The summed E-state index contributed by atoms with van der Waals surface area (Å²) in [5, 5.41) is 14.6. The summed E-state index contributed by atoms with van der Waals surface area (Å²) >= 11 is 0. The Balaban J connectivity index is 2.48. The molecule has 1 aliphatic heterocycles. The Kier molecular flexibility index (Phi) is 4.19. The standard InChI is InChI=1S/C10H16N2O5/c1-10(16,9(15)17-2)5-11-6-3-4-7(13)12-8(6)14/h6,11,16H,3-5H2,1-2H3,(H,12,13,14). The fourth-order valence-electron chi connectivity index (χ4n) is 1.50. The van der Waals surface area contributed by atoms with E-state index < -0.39 is 23.5 Å². The maximum atomic E-state index is 11.4. The van der Waals surface area contributed by atoms with Crippen molar-refractivity contribution in [2.75, 3.05) is 13.7 Å². The monoisotopic (exact) mass is 244 g/mol. The Hall–Kier alpha value is -1.47. The predicted octanol–water partition coefficient (Wildman–Crippen LogP) is -1.69. The first-order valence-corrected chi connectivity index (χ1v) is 5.24. The fourth-order valence-corrected chi connectivity index (χ4v) is 1.50. The third-order valence-electron chi connectivity index (χ3n) is 2.56. The summed E-state index contributed by atoms with van der Waals surface area (Å²) in [6.45, 7) is 1.17. The van der Waals surface area contributed by atoms with E-state index in [1.807, 2.05) is 0 Å². The first kappa shape index (κ1) is 13.6. The van der Waals surface area contributed by atoms with Crippen molar-refractivity contribution in [1.82, 2.24) is 10.6 Å². The molecule has 0 spiro atoms. The van der Waals surface area contributed by atoms with Gasteiger partial charge in [0.25, 0.3) is 0 Å². The zero-order chi connectivity index (χ0) is 13.1. The molecule has 0 saturated carbocycles. The molecule has 1 rings (SSSR count). The Labute approximate surface area is 98.5 Å². The van der Waals surface area contributed by atoms with E-state index in [1.54, 1.807) is 0 Å². The summed E-state index contributed by atoms with van der Waals surface area (Å²) in [6, 6.07) is -0.580. The van der Waals surface area contributed by atoms with Crippen molar-refractivity contribution in [3.8, 4) is 0 Å². The third-order valence-corrected chi connectivity index (χ3v) is 2.56. The minimum atomic E-state index is -1.70. The predicted molar refractivity (Wildman–Crippen MR) is 56.8 cm³/mol. The maximum absolute atomic E-state index is 11.4. The van der Waals surface area contributed by atoms with Gasteiger partial charge < -0.3 is 15.2 Å². The fraction of sp³-hybridized carbons (Fsp3) is 0.700. The number of amides is 2. The zero-order valence-electron chi connectivity index (χ0n) is 9.78. The molecular weight excluding hydrogens is 228 g/mol. The summed E-state index contributed by atoms with van der Waals surface area (Å²) < 4.78 is 4.42. The van der Waals surface area contributed by atoms with Crippen LogP contribution in [0.2, 0.25) is 0 Å². The molecule has 0 radical (unpaired) electrons. The largest absolute Gasteiger partial charge is 0.467 e. The molecule has 96 valence electrons. The number of hydrogen-bond acceptors (Lipinski definition) is 6. The van der Waals surface area contributed by atoms with Gasteiger partial charge in [0.2, 0.25) is 11.8 Å². The van der Waals surface area contributed by atoms with Crippen LogP contribution < -0.4 is 10.6 Å². The minimum Gasteiger partial charge on any atom is -0.467 e. The van der Waals surface area contributed by atoms with Crippen LogP contribution in [0.25, 0.3) is 0 Å². The van der Waals surface area contributed by atoms with Gasteiger partial charge in [0.15, 0.2) is 5.60 Å². The molecule has 7 heteroatoms. The van der Waals surface area contributed by atoms with Crippen molar-refractivity contribution in [2.45, 2.75) is 31.4 Å². The lowest BCUT2D eigenvalue weighted by molar-refractivity contribution is -0.160. The average Bonchev–Trinajstić information content (AvgIpc) is 2.26. The molecule has 2 atom stereocenters. The molecule has 3 N–H and O–H groups in total. The number of carbonyl (C=O) groups excluding carboxylic acids is 3. The highest BCUT2D eigenvalue weighted by Crippen LogP contribution is 2.08. The van der Waals surface area contributed by atoms with Crippen molar-refractivity contribution >= 4 is 17.8 Å². The van der Waals surface area contributed by atoms with Crippen LogP contribution in [0.1, 0.15) is 19.8 Å². The number of hydrogen-bond donors (Lipinski definition) is 3. The van der Waals surface area contributed by atoms with Crippen LogP contribution in [0.15, 0.2) is 0 Å². The number of imide groups is 1. The van der Waals surface area contributed by atoms with Crippen molar-refractivity contribution in [2.24, 2.45) is 0 Å². The summed E-state index contributed by atoms with van der Waals surface area (Å²) in [5.74, 6) is -1.54. The Morgan fingerprint density at radius 1 is 1.65 bits per heavy atom. The SMILES string of the molecule is COC(=O)C(C)(O)CNC1CCC(=O)NC1=O. The van der Waals surface area contributed by atoms with Crippen molar-refractivity contribution in [1.29, 1.82) is 0 Å². The molecule has 2 unspecified atom stereocenters. The van der Waals surface area contributed by atoms with Gasteiger partial charge in [-0.25, -0.2) is 4.79 Å². The number of ether oxygens (including phenoxy) is 1. The van der Waals surface area contributed by atoms with E-state index in [9.17, 15) is 19.5 Å². The molecule has 0 aliphatic carbocycles. The quantitative estimate of drug-likeness (QED) is 0.402. The summed E-state index contributed by atoms with van der Waals surface area (Å²) in [5.41, 5.74) is -1.70. The molecule has 0 aromatic rings.